The minimum absolute atomic E-state index is 0.0275. The molecule has 0 aliphatic carbocycles. The van der Waals surface area contributed by atoms with E-state index in [4.69, 9.17) is 16.7 Å². The van der Waals surface area contributed by atoms with Gasteiger partial charge in [0.2, 0.25) is 0 Å². The average molecular weight is 332 g/mol. The predicted molar refractivity (Wildman–Crippen MR) is 80.3 cm³/mol. The Bertz CT molecular complexity index is 636. The zero-order chi connectivity index (χ0) is 15.6. The van der Waals surface area contributed by atoms with Crippen LogP contribution in [0.1, 0.15) is 23.2 Å². The molecule has 21 heavy (non-hydrogen) atoms. The fourth-order valence-corrected chi connectivity index (χ4v) is 3.72. The Kier molecular flexibility index (Phi) is 4.91. The van der Waals surface area contributed by atoms with E-state index in [1.807, 2.05) is 0 Å². The van der Waals surface area contributed by atoms with Gasteiger partial charge in [-0.1, -0.05) is 11.6 Å². The van der Waals surface area contributed by atoms with Crippen LogP contribution in [-0.2, 0) is 9.84 Å². The Balaban J connectivity index is 2.21. The van der Waals surface area contributed by atoms with Gasteiger partial charge in [-0.3, -0.25) is 4.79 Å². The topological polar surface area (TPSA) is 74.7 Å². The Morgan fingerprint density at radius 1 is 1.38 bits per heavy atom. The minimum atomic E-state index is -3.47. The van der Waals surface area contributed by atoms with Crippen LogP contribution in [0.15, 0.2) is 23.1 Å². The number of benzene rings is 1. The molecule has 2 rings (SSSR count). The third-order valence-electron chi connectivity index (χ3n) is 3.74. The fraction of sp³-hybridized carbons (Fsp3) is 0.500. The molecule has 0 spiro atoms. The van der Waals surface area contributed by atoms with Crippen molar-refractivity contribution in [2.45, 2.75) is 17.7 Å². The maximum absolute atomic E-state index is 12.4. The summed E-state index contributed by atoms with van der Waals surface area (Å²) in [4.78, 5) is 14.1. The second-order valence-electron chi connectivity index (χ2n) is 5.34. The first-order chi connectivity index (χ1) is 9.82. The van der Waals surface area contributed by atoms with Crippen LogP contribution in [0.25, 0.3) is 0 Å². The molecule has 1 aliphatic rings. The van der Waals surface area contributed by atoms with Gasteiger partial charge in [-0.05, 0) is 37.0 Å². The van der Waals surface area contributed by atoms with E-state index in [1.54, 1.807) is 4.90 Å². The fourth-order valence-electron chi connectivity index (χ4n) is 2.42. The molecule has 1 aromatic carbocycles. The van der Waals surface area contributed by atoms with Crippen molar-refractivity contribution in [1.82, 2.24) is 4.90 Å². The Hall–Kier alpha value is -1.11. The number of rotatable bonds is 3. The van der Waals surface area contributed by atoms with E-state index in [9.17, 15) is 13.2 Å². The van der Waals surface area contributed by atoms with E-state index in [0.717, 1.165) is 19.1 Å². The van der Waals surface area contributed by atoms with E-state index in [0.29, 0.717) is 18.7 Å². The number of carbonyl (C=O) groups excluding carboxylic acids is 1. The summed E-state index contributed by atoms with van der Waals surface area (Å²) in [7, 11) is -3.47. The summed E-state index contributed by atoms with van der Waals surface area (Å²) in [5.74, 6) is 0.0406. The van der Waals surface area contributed by atoms with Crippen molar-refractivity contribution < 1.29 is 18.3 Å². The van der Waals surface area contributed by atoms with Crippen LogP contribution in [0.5, 0.6) is 0 Å². The first-order valence-corrected chi connectivity index (χ1v) is 8.99. The second kappa shape index (κ2) is 6.34. The van der Waals surface area contributed by atoms with Gasteiger partial charge < -0.3 is 10.0 Å². The Morgan fingerprint density at radius 3 is 2.52 bits per heavy atom. The van der Waals surface area contributed by atoms with Gasteiger partial charge in [-0.25, -0.2) is 8.42 Å². The minimum Gasteiger partial charge on any atom is -0.396 e. The van der Waals surface area contributed by atoms with Crippen LogP contribution in [0.3, 0.4) is 0 Å². The van der Waals surface area contributed by atoms with Gasteiger partial charge in [0.15, 0.2) is 9.84 Å². The van der Waals surface area contributed by atoms with Gasteiger partial charge in [-0.15, -0.1) is 0 Å². The summed E-state index contributed by atoms with van der Waals surface area (Å²) in [6, 6.07) is 4.31. The molecule has 116 valence electrons. The van der Waals surface area contributed by atoms with E-state index in [1.165, 1.54) is 18.2 Å². The van der Waals surface area contributed by atoms with Crippen LogP contribution in [-0.4, -0.2) is 50.3 Å². The number of piperidine rings is 1. The van der Waals surface area contributed by atoms with Crippen molar-refractivity contribution in [2.75, 3.05) is 26.0 Å². The number of aliphatic hydroxyl groups is 1. The molecule has 0 bridgehead atoms. The normalized spacial score (nSPS) is 17.0. The SMILES string of the molecule is CS(=O)(=O)c1cc(C(=O)N2CCC(CO)CC2)ccc1Cl. The number of likely N-dealkylation sites (tertiary alicyclic amines) is 1. The van der Waals surface area contributed by atoms with Crippen molar-refractivity contribution >= 4 is 27.3 Å². The van der Waals surface area contributed by atoms with E-state index in [-0.39, 0.29) is 28.4 Å². The van der Waals surface area contributed by atoms with Gasteiger partial charge in [0.05, 0.1) is 9.92 Å². The summed E-state index contributed by atoms with van der Waals surface area (Å²) in [6.45, 7) is 1.28. The van der Waals surface area contributed by atoms with Crippen molar-refractivity contribution in [3.05, 3.63) is 28.8 Å². The first kappa shape index (κ1) is 16.3. The molecule has 1 amide bonds. The van der Waals surface area contributed by atoms with Crippen molar-refractivity contribution in [1.29, 1.82) is 0 Å². The number of aliphatic hydroxyl groups excluding tert-OH is 1. The van der Waals surface area contributed by atoms with Crippen molar-refractivity contribution in [3.63, 3.8) is 0 Å². The molecule has 1 aliphatic heterocycles. The highest BCUT2D eigenvalue weighted by molar-refractivity contribution is 7.90. The zero-order valence-corrected chi connectivity index (χ0v) is 13.3. The van der Waals surface area contributed by atoms with Crippen LogP contribution in [0.2, 0.25) is 5.02 Å². The smallest absolute Gasteiger partial charge is 0.253 e. The van der Waals surface area contributed by atoms with Crippen molar-refractivity contribution in [3.8, 4) is 0 Å². The van der Waals surface area contributed by atoms with E-state index >= 15 is 0 Å². The van der Waals surface area contributed by atoms with Gasteiger partial charge >= 0.3 is 0 Å². The molecule has 1 fully saturated rings. The average Bonchev–Trinajstić information content (AvgIpc) is 2.46. The molecular weight excluding hydrogens is 314 g/mol. The van der Waals surface area contributed by atoms with Gasteiger partial charge in [0.1, 0.15) is 0 Å². The standard InChI is InChI=1S/C14H18ClNO4S/c1-21(19,20)13-8-11(2-3-12(13)15)14(18)16-6-4-10(9-17)5-7-16/h2-3,8,10,17H,4-7,9H2,1H3. The van der Waals surface area contributed by atoms with E-state index < -0.39 is 9.84 Å². The summed E-state index contributed by atoms with van der Waals surface area (Å²) in [6.07, 6.45) is 2.58. The molecular formula is C14H18ClNO4S. The lowest BCUT2D eigenvalue weighted by Crippen LogP contribution is -2.39. The molecule has 7 heteroatoms. The Labute approximate surface area is 129 Å². The van der Waals surface area contributed by atoms with E-state index in [2.05, 4.69) is 0 Å². The number of carbonyl (C=O) groups is 1. The number of sulfone groups is 1. The highest BCUT2D eigenvalue weighted by atomic mass is 35.5. The lowest BCUT2D eigenvalue weighted by molar-refractivity contribution is 0.0650. The molecule has 5 nitrogen and oxygen atoms in total. The van der Waals surface area contributed by atoms with Crippen LogP contribution < -0.4 is 0 Å². The highest BCUT2D eigenvalue weighted by Crippen LogP contribution is 2.24. The second-order valence-corrected chi connectivity index (χ2v) is 7.73. The third-order valence-corrected chi connectivity index (χ3v) is 5.32. The quantitative estimate of drug-likeness (QED) is 0.912. The first-order valence-electron chi connectivity index (χ1n) is 6.72. The van der Waals surface area contributed by atoms with Crippen molar-refractivity contribution in [2.24, 2.45) is 5.92 Å². The van der Waals surface area contributed by atoms with Crippen LogP contribution in [0.4, 0.5) is 0 Å². The molecule has 0 unspecified atom stereocenters. The maximum atomic E-state index is 12.4. The summed E-state index contributed by atoms with van der Waals surface area (Å²) < 4.78 is 23.3. The summed E-state index contributed by atoms with van der Waals surface area (Å²) in [5, 5.41) is 9.22. The number of hydrogen-bond donors (Lipinski definition) is 1. The summed E-state index contributed by atoms with van der Waals surface area (Å²) in [5.41, 5.74) is 0.322. The molecule has 0 radical (unpaired) electrons. The number of halogens is 1. The largest absolute Gasteiger partial charge is 0.396 e. The monoisotopic (exact) mass is 331 g/mol. The molecule has 1 saturated heterocycles. The van der Waals surface area contributed by atoms with Crippen LogP contribution in [0, 0.1) is 5.92 Å². The Morgan fingerprint density at radius 2 is 2.00 bits per heavy atom. The lowest BCUT2D eigenvalue weighted by Gasteiger charge is -2.31. The number of nitrogens with zero attached hydrogens (tertiary/aromatic N) is 1. The molecule has 1 N–H and O–H groups in total. The molecule has 1 aromatic rings. The number of amides is 1. The van der Waals surface area contributed by atoms with Gasteiger partial charge in [0.25, 0.3) is 5.91 Å². The molecule has 0 saturated carbocycles. The molecule has 0 atom stereocenters. The molecule has 1 heterocycles. The third kappa shape index (κ3) is 3.75. The lowest BCUT2D eigenvalue weighted by atomic mass is 9.97. The number of hydrogen-bond acceptors (Lipinski definition) is 4. The summed E-state index contributed by atoms with van der Waals surface area (Å²) >= 11 is 5.88. The highest BCUT2D eigenvalue weighted by Gasteiger charge is 2.24. The van der Waals surface area contributed by atoms with Gasteiger partial charge in [0, 0.05) is 31.5 Å². The maximum Gasteiger partial charge on any atom is 0.253 e. The van der Waals surface area contributed by atoms with Gasteiger partial charge in [-0.2, -0.15) is 0 Å². The van der Waals surface area contributed by atoms with Crippen LogP contribution >= 0.6 is 11.6 Å². The predicted octanol–water partition coefficient (Wildman–Crippen LogP) is 1.59. The molecule has 0 aromatic heterocycles. The zero-order valence-electron chi connectivity index (χ0n) is 11.8.